The molecule has 7 atom stereocenters. The van der Waals surface area contributed by atoms with E-state index >= 15 is 0 Å². The van der Waals surface area contributed by atoms with E-state index in [2.05, 4.69) is 16.9 Å². The first-order chi connectivity index (χ1) is 19.5. The van der Waals surface area contributed by atoms with Crippen molar-refractivity contribution in [1.82, 2.24) is 9.97 Å². The molecule has 0 radical (unpaired) electrons. The van der Waals surface area contributed by atoms with Gasteiger partial charge in [-0.25, -0.2) is 9.97 Å². The second-order valence-electron chi connectivity index (χ2n) is 12.6. The molecule has 6 unspecified atom stereocenters. The Kier molecular flexibility index (Phi) is 6.82. The maximum Gasteiger partial charge on any atom is 0.310 e. The van der Waals surface area contributed by atoms with E-state index in [9.17, 15) is 24.6 Å². The molecule has 1 aromatic heterocycles. The van der Waals surface area contributed by atoms with Gasteiger partial charge in [-0.15, -0.1) is 0 Å². The Hall–Kier alpha value is -3.49. The van der Waals surface area contributed by atoms with Gasteiger partial charge in [0.05, 0.1) is 12.5 Å². The third kappa shape index (κ3) is 4.48. The monoisotopic (exact) mass is 556 g/mol. The van der Waals surface area contributed by atoms with Gasteiger partial charge >= 0.3 is 5.97 Å². The number of allylic oxidation sites excluding steroid dienone is 4. The fourth-order valence-corrected chi connectivity index (χ4v) is 8.54. The van der Waals surface area contributed by atoms with Crippen molar-refractivity contribution < 1.29 is 29.3 Å². The molecule has 6 rings (SSSR count). The number of hydrogen-bond donors (Lipinski definition) is 2. The number of ether oxygens (including phenoxy) is 1. The molecule has 0 spiro atoms. The summed E-state index contributed by atoms with van der Waals surface area (Å²) in [5.74, 6) is -0.486. The van der Waals surface area contributed by atoms with Gasteiger partial charge in [0.25, 0.3) is 0 Å². The van der Waals surface area contributed by atoms with Crippen LogP contribution in [0.15, 0.2) is 66.5 Å². The van der Waals surface area contributed by atoms with Crippen LogP contribution in [0.2, 0.25) is 0 Å². The zero-order chi connectivity index (χ0) is 29.0. The van der Waals surface area contributed by atoms with Crippen molar-refractivity contribution in [1.29, 1.82) is 0 Å². The topological polar surface area (TPSA) is 127 Å². The maximum absolute atomic E-state index is 13.5. The number of aliphatic hydroxyl groups is 2. The molecule has 2 aromatic rings. The van der Waals surface area contributed by atoms with Gasteiger partial charge < -0.3 is 14.9 Å². The summed E-state index contributed by atoms with van der Waals surface area (Å²) in [6.45, 7) is 3.49. The summed E-state index contributed by atoms with van der Waals surface area (Å²) in [5.41, 5.74) is -0.404. The summed E-state index contributed by atoms with van der Waals surface area (Å²) in [6.07, 6.45) is 10.6. The van der Waals surface area contributed by atoms with Gasteiger partial charge in [0.2, 0.25) is 5.78 Å². The Morgan fingerprint density at radius 3 is 2.68 bits per heavy atom. The van der Waals surface area contributed by atoms with Crippen LogP contribution in [0.4, 0.5) is 0 Å². The average Bonchev–Trinajstić information content (AvgIpc) is 3.23. The first kappa shape index (κ1) is 27.7. The van der Waals surface area contributed by atoms with Crippen LogP contribution in [0.25, 0.3) is 11.4 Å². The van der Waals surface area contributed by atoms with Crippen LogP contribution < -0.4 is 0 Å². The minimum atomic E-state index is -1.69. The predicted molar refractivity (Wildman–Crippen MR) is 150 cm³/mol. The van der Waals surface area contributed by atoms with Gasteiger partial charge in [-0.05, 0) is 73.8 Å². The highest BCUT2D eigenvalue weighted by molar-refractivity contribution is 6.01. The lowest BCUT2D eigenvalue weighted by atomic mass is 9.46. The van der Waals surface area contributed by atoms with E-state index in [1.165, 1.54) is 0 Å². The van der Waals surface area contributed by atoms with Gasteiger partial charge in [-0.3, -0.25) is 14.4 Å². The Bertz CT molecular complexity index is 1450. The van der Waals surface area contributed by atoms with Gasteiger partial charge in [0.15, 0.2) is 18.2 Å². The number of carbonyl (C=O) groups excluding carboxylic acids is 3. The van der Waals surface area contributed by atoms with Gasteiger partial charge in [0, 0.05) is 34.7 Å². The zero-order valence-corrected chi connectivity index (χ0v) is 23.5. The van der Waals surface area contributed by atoms with Crippen LogP contribution in [-0.4, -0.2) is 56.0 Å². The molecule has 2 N–H and O–H groups in total. The number of aromatic nitrogens is 2. The molecule has 8 nitrogen and oxygen atoms in total. The van der Waals surface area contributed by atoms with Gasteiger partial charge in [-0.2, -0.15) is 0 Å². The molecule has 0 amide bonds. The van der Waals surface area contributed by atoms with Crippen LogP contribution in [0.5, 0.6) is 0 Å². The number of nitrogens with zero attached hydrogens (tertiary/aromatic N) is 2. The van der Waals surface area contributed by atoms with Gasteiger partial charge in [-0.1, -0.05) is 43.7 Å². The minimum absolute atomic E-state index is 0.0145. The lowest BCUT2D eigenvalue weighted by Crippen LogP contribution is -2.61. The second kappa shape index (κ2) is 10.1. The van der Waals surface area contributed by atoms with E-state index in [1.807, 2.05) is 31.2 Å². The van der Waals surface area contributed by atoms with Crippen LogP contribution in [0.3, 0.4) is 0 Å². The zero-order valence-electron chi connectivity index (χ0n) is 23.5. The molecule has 4 aliphatic carbocycles. The molecule has 3 saturated carbocycles. The summed E-state index contributed by atoms with van der Waals surface area (Å²) >= 11 is 0. The summed E-state index contributed by atoms with van der Waals surface area (Å²) in [6, 6.07) is 9.02. The highest BCUT2D eigenvalue weighted by Gasteiger charge is 2.68. The standard InChI is InChI=1S/C33H36N2O6/c1-31-11-9-23(36)17-22(31)7-8-24-25-10-12-33(40,32(25,2)18-26(37)29(24)31)27(38)19-41-28(39)16-20-5-3-6-21(15-20)30-34-13-4-14-35-30/h3-6,9,11,13-15,17,24-26,29,37,40H,7-8,10,12,16,18-19H2,1-2H3/t24?,25?,26?,29?,31?,32?,33-/m0/s1. The van der Waals surface area contributed by atoms with Crippen molar-refractivity contribution in [3.05, 3.63) is 72.1 Å². The third-order valence-electron chi connectivity index (χ3n) is 10.6. The number of fused-ring (bicyclic) bond motifs is 5. The number of carbonyl (C=O) groups is 3. The Morgan fingerprint density at radius 2 is 1.90 bits per heavy atom. The van der Waals surface area contributed by atoms with Crippen molar-refractivity contribution in [3.8, 4) is 11.4 Å². The normalized spacial score (nSPS) is 35.6. The molecule has 1 aromatic carbocycles. The minimum Gasteiger partial charge on any atom is -0.457 e. The first-order valence-corrected chi connectivity index (χ1v) is 14.5. The second-order valence-corrected chi connectivity index (χ2v) is 12.6. The van der Waals surface area contributed by atoms with Gasteiger partial charge in [0.1, 0.15) is 5.60 Å². The van der Waals surface area contributed by atoms with E-state index < -0.39 is 40.9 Å². The quantitative estimate of drug-likeness (QED) is 0.515. The fourth-order valence-electron chi connectivity index (χ4n) is 8.54. The lowest BCUT2D eigenvalue weighted by Gasteiger charge is -2.59. The van der Waals surface area contributed by atoms with E-state index in [0.29, 0.717) is 17.8 Å². The molecular formula is C33H36N2O6. The largest absolute Gasteiger partial charge is 0.457 e. The van der Waals surface area contributed by atoms with Crippen LogP contribution in [-0.2, 0) is 25.5 Å². The number of aliphatic hydroxyl groups excluding tert-OH is 1. The number of Topliss-reactive ketones (excluding diaryl/α,β-unsaturated/α-hetero) is 1. The highest BCUT2D eigenvalue weighted by Crippen LogP contribution is 2.67. The fraction of sp³-hybridized carbons (Fsp3) is 0.485. The first-order valence-electron chi connectivity index (χ1n) is 14.5. The Morgan fingerprint density at radius 1 is 1.12 bits per heavy atom. The van der Waals surface area contributed by atoms with E-state index in [-0.39, 0.29) is 42.8 Å². The number of benzene rings is 1. The van der Waals surface area contributed by atoms with Crippen molar-refractivity contribution in [2.75, 3.05) is 6.61 Å². The van der Waals surface area contributed by atoms with Crippen LogP contribution in [0, 0.1) is 28.6 Å². The van der Waals surface area contributed by atoms with Crippen LogP contribution in [0.1, 0.15) is 51.5 Å². The molecule has 0 aliphatic heterocycles. The van der Waals surface area contributed by atoms with Crippen molar-refractivity contribution in [2.24, 2.45) is 28.6 Å². The van der Waals surface area contributed by atoms with Crippen molar-refractivity contribution >= 4 is 17.5 Å². The number of esters is 1. The summed E-state index contributed by atoms with van der Waals surface area (Å²) < 4.78 is 5.40. The molecule has 3 fully saturated rings. The third-order valence-corrected chi connectivity index (χ3v) is 10.6. The van der Waals surface area contributed by atoms with Crippen LogP contribution >= 0.6 is 0 Å². The summed E-state index contributed by atoms with van der Waals surface area (Å²) in [7, 11) is 0. The molecule has 4 aliphatic rings. The molecule has 41 heavy (non-hydrogen) atoms. The van der Waals surface area contributed by atoms with E-state index in [1.54, 1.807) is 36.7 Å². The molecule has 8 heteroatoms. The molecule has 0 saturated heterocycles. The molecule has 214 valence electrons. The average molecular weight is 557 g/mol. The number of hydrogen-bond acceptors (Lipinski definition) is 8. The van der Waals surface area contributed by atoms with E-state index in [0.717, 1.165) is 24.0 Å². The summed E-state index contributed by atoms with van der Waals surface area (Å²) in [4.78, 5) is 46.8. The Labute approximate surface area is 239 Å². The Balaban J connectivity index is 1.14. The molecular weight excluding hydrogens is 520 g/mol. The lowest BCUT2D eigenvalue weighted by molar-refractivity contribution is -0.181. The highest BCUT2D eigenvalue weighted by atomic mass is 16.5. The smallest absolute Gasteiger partial charge is 0.310 e. The maximum atomic E-state index is 13.5. The van der Waals surface area contributed by atoms with Crippen molar-refractivity contribution in [3.63, 3.8) is 0 Å². The molecule has 1 heterocycles. The molecule has 0 bridgehead atoms. The SMILES string of the molecule is CC12C=CC(=O)C=C1CCC1C2C(O)CC2(C)C1CC[C@]2(O)C(=O)COC(=O)Cc1cccc(-c2ncccn2)c1. The van der Waals surface area contributed by atoms with E-state index in [4.69, 9.17) is 4.74 Å². The summed E-state index contributed by atoms with van der Waals surface area (Å²) in [5, 5.41) is 23.4. The number of rotatable bonds is 6. The predicted octanol–water partition coefficient (Wildman–Crippen LogP) is 3.81. The van der Waals surface area contributed by atoms with Crippen molar-refractivity contribution in [2.45, 2.75) is 64.1 Å². The number of ketones is 2.